The van der Waals surface area contributed by atoms with Gasteiger partial charge in [-0.25, -0.2) is 0 Å². The largest absolute Gasteiger partial charge is 0.370 e. The summed E-state index contributed by atoms with van der Waals surface area (Å²) in [5.41, 5.74) is 2.70. The van der Waals surface area contributed by atoms with Crippen LogP contribution in [0, 0.1) is 0 Å². The summed E-state index contributed by atoms with van der Waals surface area (Å²) in [6.45, 7) is 3.22. The fourth-order valence-electron chi connectivity index (χ4n) is 2.66. The number of para-hydroxylation sites is 1. The van der Waals surface area contributed by atoms with Crippen LogP contribution in [0.1, 0.15) is 12.0 Å². The van der Waals surface area contributed by atoms with Crippen LogP contribution in [0.5, 0.6) is 0 Å². The van der Waals surface area contributed by atoms with Crippen molar-refractivity contribution in [2.24, 2.45) is 0 Å². The van der Waals surface area contributed by atoms with Gasteiger partial charge in [0.25, 0.3) is 0 Å². The van der Waals surface area contributed by atoms with Gasteiger partial charge in [0, 0.05) is 31.4 Å². The minimum atomic E-state index is 0. The van der Waals surface area contributed by atoms with Crippen LogP contribution in [0.15, 0.2) is 60.7 Å². The Morgan fingerprint density at radius 2 is 1.60 bits per heavy atom. The molecule has 2 nitrogen and oxygen atoms in total. The number of nitrogens with zero attached hydrogens (tertiary/aromatic N) is 1. The average molecular weight is 289 g/mol. The maximum Gasteiger partial charge on any atom is 0.0366 e. The maximum absolute atomic E-state index is 3.66. The van der Waals surface area contributed by atoms with Crippen LogP contribution in [-0.4, -0.2) is 19.1 Å². The van der Waals surface area contributed by atoms with Crippen molar-refractivity contribution in [2.45, 2.75) is 19.0 Å². The summed E-state index contributed by atoms with van der Waals surface area (Å²) in [7, 11) is 0. The second-order valence-electron chi connectivity index (χ2n) is 5.13. The fourth-order valence-corrected chi connectivity index (χ4v) is 2.66. The minimum Gasteiger partial charge on any atom is -0.370 e. The monoisotopic (exact) mass is 288 g/mol. The first-order valence-electron chi connectivity index (χ1n) is 6.99. The molecule has 0 aliphatic carbocycles. The lowest BCUT2D eigenvalue weighted by Crippen LogP contribution is -2.32. The number of hydrogen-bond acceptors (Lipinski definition) is 2. The smallest absolute Gasteiger partial charge is 0.0366 e. The predicted molar refractivity (Wildman–Crippen MR) is 87.6 cm³/mol. The quantitative estimate of drug-likeness (QED) is 0.927. The Balaban J connectivity index is 0.00000147. The zero-order valence-corrected chi connectivity index (χ0v) is 12.4. The molecule has 20 heavy (non-hydrogen) atoms. The van der Waals surface area contributed by atoms with Crippen molar-refractivity contribution >= 4 is 18.1 Å². The van der Waals surface area contributed by atoms with Crippen molar-refractivity contribution in [1.82, 2.24) is 5.32 Å². The zero-order chi connectivity index (χ0) is 12.9. The number of anilines is 1. The van der Waals surface area contributed by atoms with Crippen molar-refractivity contribution in [3.05, 3.63) is 66.2 Å². The van der Waals surface area contributed by atoms with E-state index in [-0.39, 0.29) is 12.4 Å². The third-order valence-electron chi connectivity index (χ3n) is 3.75. The summed E-state index contributed by atoms with van der Waals surface area (Å²) >= 11 is 0. The van der Waals surface area contributed by atoms with Gasteiger partial charge in [-0.1, -0.05) is 48.5 Å². The molecule has 0 radical (unpaired) electrons. The van der Waals surface area contributed by atoms with Crippen molar-refractivity contribution < 1.29 is 0 Å². The lowest BCUT2D eigenvalue weighted by molar-refractivity contribution is 0.551. The summed E-state index contributed by atoms with van der Waals surface area (Å²) < 4.78 is 0. The molecule has 1 unspecified atom stereocenters. The normalized spacial score (nSPS) is 17.8. The highest BCUT2D eigenvalue weighted by Gasteiger charge is 2.21. The molecule has 1 atom stereocenters. The van der Waals surface area contributed by atoms with Crippen LogP contribution in [0.4, 0.5) is 5.69 Å². The van der Waals surface area contributed by atoms with E-state index in [0.29, 0.717) is 6.04 Å². The molecule has 106 valence electrons. The first-order chi connectivity index (χ1) is 9.42. The first-order valence-corrected chi connectivity index (χ1v) is 6.99. The van der Waals surface area contributed by atoms with E-state index in [4.69, 9.17) is 0 Å². The molecule has 0 saturated carbocycles. The van der Waals surface area contributed by atoms with E-state index < -0.39 is 0 Å². The lowest BCUT2D eigenvalue weighted by Gasteiger charge is -2.19. The third kappa shape index (κ3) is 3.75. The molecule has 2 aromatic carbocycles. The minimum absolute atomic E-state index is 0. The molecule has 1 fully saturated rings. The lowest BCUT2D eigenvalue weighted by atomic mass is 10.2. The van der Waals surface area contributed by atoms with E-state index in [9.17, 15) is 0 Å². The van der Waals surface area contributed by atoms with Gasteiger partial charge in [-0.05, 0) is 24.1 Å². The standard InChI is InChI=1S/C17H20N2.ClH/c1-3-7-15(8-4-1)13-18-16-11-12-19(14-16)17-9-5-2-6-10-17;/h1-10,16,18H,11-14H2;1H. The van der Waals surface area contributed by atoms with E-state index in [1.165, 1.54) is 17.7 Å². The van der Waals surface area contributed by atoms with Gasteiger partial charge in [0.15, 0.2) is 0 Å². The summed E-state index contributed by atoms with van der Waals surface area (Å²) in [4.78, 5) is 2.46. The van der Waals surface area contributed by atoms with Gasteiger partial charge < -0.3 is 10.2 Å². The van der Waals surface area contributed by atoms with Crippen LogP contribution in [0.2, 0.25) is 0 Å². The molecule has 2 aromatic rings. The first kappa shape index (κ1) is 14.9. The second kappa shape index (κ2) is 7.32. The van der Waals surface area contributed by atoms with Gasteiger partial charge in [-0.3, -0.25) is 0 Å². The van der Waals surface area contributed by atoms with Crippen molar-refractivity contribution in [3.63, 3.8) is 0 Å². The maximum atomic E-state index is 3.66. The molecular weight excluding hydrogens is 268 g/mol. The summed E-state index contributed by atoms with van der Waals surface area (Å²) in [6, 6.07) is 21.9. The molecule has 0 amide bonds. The number of hydrogen-bond donors (Lipinski definition) is 1. The Morgan fingerprint density at radius 1 is 0.950 bits per heavy atom. The van der Waals surface area contributed by atoms with Crippen LogP contribution < -0.4 is 10.2 Å². The van der Waals surface area contributed by atoms with E-state index >= 15 is 0 Å². The molecule has 1 N–H and O–H groups in total. The molecule has 0 aromatic heterocycles. The van der Waals surface area contributed by atoms with Crippen LogP contribution in [0.25, 0.3) is 0 Å². The Bertz CT molecular complexity index is 501. The summed E-state index contributed by atoms with van der Waals surface area (Å²) in [5.74, 6) is 0. The molecule has 1 heterocycles. The number of halogens is 1. The van der Waals surface area contributed by atoms with Gasteiger partial charge in [0.05, 0.1) is 0 Å². The van der Waals surface area contributed by atoms with Gasteiger partial charge >= 0.3 is 0 Å². The van der Waals surface area contributed by atoms with Gasteiger partial charge in [0.2, 0.25) is 0 Å². The molecule has 1 saturated heterocycles. The molecule has 0 bridgehead atoms. The number of nitrogens with one attached hydrogen (secondary N) is 1. The van der Waals surface area contributed by atoms with Crippen molar-refractivity contribution in [1.29, 1.82) is 0 Å². The van der Waals surface area contributed by atoms with Crippen LogP contribution in [0.3, 0.4) is 0 Å². The van der Waals surface area contributed by atoms with Crippen LogP contribution >= 0.6 is 12.4 Å². The highest BCUT2D eigenvalue weighted by atomic mass is 35.5. The highest BCUT2D eigenvalue weighted by molar-refractivity contribution is 5.85. The van der Waals surface area contributed by atoms with Crippen LogP contribution in [-0.2, 0) is 6.54 Å². The van der Waals surface area contributed by atoms with Crippen molar-refractivity contribution in [2.75, 3.05) is 18.0 Å². The third-order valence-corrected chi connectivity index (χ3v) is 3.75. The summed E-state index contributed by atoms with van der Waals surface area (Å²) in [6.07, 6.45) is 1.22. The molecule has 0 spiro atoms. The Morgan fingerprint density at radius 3 is 2.30 bits per heavy atom. The van der Waals surface area contributed by atoms with E-state index in [2.05, 4.69) is 70.9 Å². The van der Waals surface area contributed by atoms with Gasteiger partial charge in [-0.15, -0.1) is 12.4 Å². The molecular formula is C17H21ClN2. The molecule has 3 heteroatoms. The zero-order valence-electron chi connectivity index (χ0n) is 11.5. The van der Waals surface area contributed by atoms with E-state index in [1.54, 1.807) is 0 Å². The Kier molecular flexibility index (Phi) is 5.45. The highest BCUT2D eigenvalue weighted by Crippen LogP contribution is 2.19. The SMILES string of the molecule is Cl.c1ccc(CNC2CCN(c3ccccc3)C2)cc1. The second-order valence-corrected chi connectivity index (χ2v) is 5.13. The van der Waals surface area contributed by atoms with E-state index in [0.717, 1.165) is 19.6 Å². The van der Waals surface area contributed by atoms with Crippen molar-refractivity contribution in [3.8, 4) is 0 Å². The molecule has 3 rings (SSSR count). The average Bonchev–Trinajstić information content (AvgIpc) is 2.96. The number of benzene rings is 2. The van der Waals surface area contributed by atoms with Gasteiger partial charge in [-0.2, -0.15) is 0 Å². The summed E-state index contributed by atoms with van der Waals surface area (Å²) in [5, 5.41) is 3.66. The molecule has 1 aliphatic rings. The predicted octanol–water partition coefficient (Wildman–Crippen LogP) is 3.48. The van der Waals surface area contributed by atoms with Gasteiger partial charge in [0.1, 0.15) is 0 Å². The fraction of sp³-hybridized carbons (Fsp3) is 0.294. The topological polar surface area (TPSA) is 15.3 Å². The van der Waals surface area contributed by atoms with E-state index in [1.807, 2.05) is 0 Å². The number of rotatable bonds is 4. The Hall–Kier alpha value is -1.51. The Labute approximate surface area is 127 Å². The molecule has 1 aliphatic heterocycles.